The predicted molar refractivity (Wildman–Crippen MR) is 80.7 cm³/mol. The number of ether oxygens (including phenoxy) is 1. The van der Waals surface area contributed by atoms with Crippen LogP contribution in [0.25, 0.3) is 0 Å². The first-order valence-corrected chi connectivity index (χ1v) is 7.94. The van der Waals surface area contributed by atoms with Crippen LogP contribution in [0.15, 0.2) is 4.40 Å². The van der Waals surface area contributed by atoms with Crippen LogP contribution in [0, 0.1) is 5.92 Å². The summed E-state index contributed by atoms with van der Waals surface area (Å²) in [6.45, 7) is 12.0. The number of carbonyl (C=O) groups is 1. The maximum Gasteiger partial charge on any atom is 0.305 e. The monoisotopic (exact) mass is 289 g/mol. The molecular formula is C14H27NO3S. The van der Waals surface area contributed by atoms with Crippen LogP contribution in [0.2, 0.25) is 0 Å². The topological polar surface area (TPSA) is 55.7 Å². The molecule has 4 nitrogen and oxygen atoms in total. The molecule has 0 aliphatic carbocycles. The highest BCUT2D eigenvalue weighted by Gasteiger charge is 2.20. The van der Waals surface area contributed by atoms with Gasteiger partial charge < -0.3 is 4.74 Å². The number of nitrogens with zero attached hydrogens (tertiary/aromatic N) is 1. The zero-order valence-electron chi connectivity index (χ0n) is 13.0. The molecule has 5 heteroatoms. The highest BCUT2D eigenvalue weighted by Crippen LogP contribution is 2.16. The Hall–Kier alpha value is -0.710. The summed E-state index contributed by atoms with van der Waals surface area (Å²) in [7, 11) is -1.23. The molecular weight excluding hydrogens is 262 g/mol. The Morgan fingerprint density at radius 1 is 1.26 bits per heavy atom. The van der Waals surface area contributed by atoms with Crippen molar-refractivity contribution in [2.75, 3.05) is 6.61 Å². The smallest absolute Gasteiger partial charge is 0.305 e. The van der Waals surface area contributed by atoms with Gasteiger partial charge >= 0.3 is 5.97 Å². The van der Waals surface area contributed by atoms with Crippen molar-refractivity contribution in [1.29, 1.82) is 0 Å². The molecule has 0 aromatic heterocycles. The first-order chi connectivity index (χ1) is 8.68. The molecule has 0 aliphatic heterocycles. The minimum absolute atomic E-state index is 0.178. The second-order valence-electron chi connectivity index (χ2n) is 5.76. The van der Waals surface area contributed by atoms with Crippen molar-refractivity contribution < 1.29 is 13.7 Å². The minimum atomic E-state index is -1.23. The van der Waals surface area contributed by atoms with E-state index in [0.717, 1.165) is 5.71 Å². The Balaban J connectivity index is 4.48. The van der Waals surface area contributed by atoms with E-state index in [1.807, 2.05) is 34.6 Å². The Morgan fingerprint density at radius 3 is 2.26 bits per heavy atom. The second kappa shape index (κ2) is 8.46. The molecule has 0 radical (unpaired) electrons. The molecule has 112 valence electrons. The van der Waals surface area contributed by atoms with Gasteiger partial charge in [0.2, 0.25) is 0 Å². The van der Waals surface area contributed by atoms with Crippen LogP contribution in [-0.4, -0.2) is 27.2 Å². The van der Waals surface area contributed by atoms with Gasteiger partial charge in [-0.25, -0.2) is 4.21 Å². The molecule has 19 heavy (non-hydrogen) atoms. The van der Waals surface area contributed by atoms with Gasteiger partial charge in [0.15, 0.2) is 0 Å². The van der Waals surface area contributed by atoms with E-state index in [-0.39, 0.29) is 16.6 Å². The van der Waals surface area contributed by atoms with E-state index in [1.54, 1.807) is 6.92 Å². The third kappa shape index (κ3) is 8.14. The number of hydrogen-bond donors (Lipinski definition) is 0. The normalized spacial score (nSPS) is 14.6. The average molecular weight is 289 g/mol. The van der Waals surface area contributed by atoms with E-state index >= 15 is 0 Å². The van der Waals surface area contributed by atoms with E-state index < -0.39 is 11.0 Å². The zero-order chi connectivity index (χ0) is 15.1. The molecule has 1 atom stereocenters. The van der Waals surface area contributed by atoms with Crippen molar-refractivity contribution in [1.82, 2.24) is 0 Å². The lowest BCUT2D eigenvalue weighted by atomic mass is 10.0. The highest BCUT2D eigenvalue weighted by atomic mass is 32.2. The van der Waals surface area contributed by atoms with Crippen molar-refractivity contribution in [3.63, 3.8) is 0 Å². The number of hydrogen-bond acceptors (Lipinski definition) is 3. The Labute approximate surface area is 119 Å². The van der Waals surface area contributed by atoms with Crippen LogP contribution in [0.3, 0.4) is 0 Å². The fourth-order valence-corrected chi connectivity index (χ4v) is 2.12. The number of esters is 1. The molecule has 0 spiro atoms. The molecule has 0 heterocycles. The molecule has 1 unspecified atom stereocenters. The summed E-state index contributed by atoms with van der Waals surface area (Å²) in [5.74, 6) is 0.0658. The quantitative estimate of drug-likeness (QED) is 0.534. The summed E-state index contributed by atoms with van der Waals surface area (Å²) in [5, 5.41) is 0. The van der Waals surface area contributed by atoms with E-state index in [4.69, 9.17) is 4.74 Å². The van der Waals surface area contributed by atoms with Crippen LogP contribution < -0.4 is 0 Å². The standard InChI is InChI=1S/C14H27NO3S/c1-7-18-13(16)10-8-9-12(11(2)3)15-19(17)14(4,5)6/h11H,7-10H2,1-6H3/b15-12-. The van der Waals surface area contributed by atoms with E-state index in [9.17, 15) is 9.00 Å². The minimum Gasteiger partial charge on any atom is -0.466 e. The Morgan fingerprint density at radius 2 is 1.84 bits per heavy atom. The van der Waals surface area contributed by atoms with Crippen molar-refractivity contribution >= 4 is 22.7 Å². The fourth-order valence-electron chi connectivity index (χ4n) is 1.33. The Kier molecular flexibility index (Phi) is 8.14. The van der Waals surface area contributed by atoms with Gasteiger partial charge in [-0.15, -0.1) is 0 Å². The second-order valence-corrected chi connectivity index (χ2v) is 7.66. The summed E-state index contributed by atoms with van der Waals surface area (Å²) in [4.78, 5) is 11.3. The van der Waals surface area contributed by atoms with Crippen molar-refractivity contribution in [2.45, 2.75) is 65.6 Å². The third-order valence-corrected chi connectivity index (χ3v) is 3.96. The maximum atomic E-state index is 12.0. The van der Waals surface area contributed by atoms with E-state index in [1.165, 1.54) is 0 Å². The van der Waals surface area contributed by atoms with Crippen LogP contribution >= 0.6 is 0 Å². The average Bonchev–Trinajstić information content (AvgIpc) is 2.26. The predicted octanol–water partition coefficient (Wildman–Crippen LogP) is 3.28. The first-order valence-electron chi connectivity index (χ1n) is 6.83. The summed E-state index contributed by atoms with van der Waals surface area (Å²) in [5.41, 5.74) is 0.914. The van der Waals surface area contributed by atoms with Crippen LogP contribution in [0.1, 0.15) is 60.8 Å². The van der Waals surface area contributed by atoms with Crippen molar-refractivity contribution in [2.24, 2.45) is 10.3 Å². The summed E-state index contributed by atoms with van der Waals surface area (Å²) in [6, 6.07) is 0. The van der Waals surface area contributed by atoms with Crippen LogP contribution in [0.4, 0.5) is 0 Å². The molecule has 0 N–H and O–H groups in total. The zero-order valence-corrected chi connectivity index (χ0v) is 13.8. The lowest BCUT2D eigenvalue weighted by molar-refractivity contribution is -0.143. The molecule has 0 amide bonds. The number of rotatable bonds is 7. The maximum absolute atomic E-state index is 12.0. The van der Waals surface area contributed by atoms with Gasteiger partial charge in [-0.1, -0.05) is 13.8 Å². The number of carbonyl (C=O) groups excluding carboxylic acids is 1. The molecule has 0 saturated carbocycles. The molecule has 0 aliphatic rings. The van der Waals surface area contributed by atoms with Crippen molar-refractivity contribution in [3.8, 4) is 0 Å². The molecule has 0 saturated heterocycles. The van der Waals surface area contributed by atoms with Gasteiger partial charge in [0.25, 0.3) is 0 Å². The summed E-state index contributed by atoms with van der Waals surface area (Å²) >= 11 is 0. The first kappa shape index (κ1) is 18.3. The highest BCUT2D eigenvalue weighted by molar-refractivity contribution is 7.85. The van der Waals surface area contributed by atoms with Gasteiger partial charge in [-0.2, -0.15) is 4.40 Å². The fraction of sp³-hybridized carbons (Fsp3) is 0.857. The van der Waals surface area contributed by atoms with Gasteiger partial charge in [-0.05, 0) is 46.5 Å². The summed E-state index contributed by atoms with van der Waals surface area (Å²) < 4.78 is 20.9. The third-order valence-electron chi connectivity index (χ3n) is 2.51. The largest absolute Gasteiger partial charge is 0.466 e. The molecule has 0 aromatic carbocycles. The van der Waals surface area contributed by atoms with Crippen LogP contribution in [0.5, 0.6) is 0 Å². The molecule has 0 fully saturated rings. The van der Waals surface area contributed by atoms with Crippen molar-refractivity contribution in [3.05, 3.63) is 0 Å². The van der Waals surface area contributed by atoms with Gasteiger partial charge in [0.05, 0.1) is 11.4 Å². The van der Waals surface area contributed by atoms with E-state index in [0.29, 0.717) is 25.9 Å². The molecule has 0 bridgehead atoms. The summed E-state index contributed by atoms with van der Waals surface area (Å²) in [6.07, 6.45) is 1.78. The molecule has 0 rings (SSSR count). The lowest BCUT2D eigenvalue weighted by Crippen LogP contribution is -2.22. The molecule has 0 aromatic rings. The van der Waals surface area contributed by atoms with Gasteiger partial charge in [0.1, 0.15) is 11.0 Å². The van der Waals surface area contributed by atoms with Gasteiger partial charge in [0, 0.05) is 12.1 Å². The van der Waals surface area contributed by atoms with Gasteiger partial charge in [-0.3, -0.25) is 4.79 Å². The SMILES string of the molecule is CCOC(=O)CCC/C(=N/S(=O)C(C)(C)C)C(C)C. The van der Waals surface area contributed by atoms with Crippen LogP contribution in [-0.2, 0) is 20.5 Å². The lowest BCUT2D eigenvalue weighted by Gasteiger charge is -2.16. The Bertz CT molecular complexity index is 343. The van der Waals surface area contributed by atoms with E-state index in [2.05, 4.69) is 4.40 Å².